The Balaban J connectivity index is -0.000000141. The van der Waals surface area contributed by atoms with Crippen molar-refractivity contribution in [2.24, 2.45) is 0 Å². The molecule has 0 atom stereocenters. The molecule has 0 fully saturated rings. The molecule has 18 heavy (non-hydrogen) atoms. The minimum atomic E-state index is 1.04. The smallest absolute Gasteiger partial charge is 0.00277 e. The Morgan fingerprint density at radius 3 is 1.50 bits per heavy atom. The van der Waals surface area contributed by atoms with E-state index in [0.717, 1.165) is 16.7 Å². The maximum absolute atomic E-state index is 3.87. The molecule has 0 aromatic heterocycles. The Bertz CT molecular complexity index is 232. The molecule has 0 aromatic rings. The highest BCUT2D eigenvalue weighted by atomic mass is 14.8. The van der Waals surface area contributed by atoms with Gasteiger partial charge in [-0.15, -0.1) is 0 Å². The molecule has 0 radical (unpaired) electrons. The van der Waals surface area contributed by atoms with Crippen LogP contribution in [0, 0.1) is 0 Å². The van der Waals surface area contributed by atoms with E-state index in [9.17, 15) is 0 Å². The lowest BCUT2D eigenvalue weighted by Crippen LogP contribution is -1.92. The van der Waals surface area contributed by atoms with E-state index in [2.05, 4.69) is 18.5 Å². The Morgan fingerprint density at radius 2 is 1.28 bits per heavy atom. The minimum Gasteiger partial charge on any atom is -0.394 e. The third-order valence-electron chi connectivity index (χ3n) is 1.32. The van der Waals surface area contributed by atoms with Gasteiger partial charge in [0.1, 0.15) is 0 Å². The fourth-order valence-corrected chi connectivity index (χ4v) is 0.752. The monoisotopic (exact) mass is 253 g/mol. The molecular weight excluding hydrogens is 218 g/mol. The van der Waals surface area contributed by atoms with Gasteiger partial charge in [0.25, 0.3) is 0 Å². The first-order chi connectivity index (χ1) is 8.57. The highest BCUT2D eigenvalue weighted by molar-refractivity contribution is 5.40. The number of nitrogens with one attached hydrogen (secondary N) is 1. The quantitative estimate of drug-likeness (QED) is 0.617. The van der Waals surface area contributed by atoms with Crippen LogP contribution in [-0.4, -0.2) is 7.05 Å². The van der Waals surface area contributed by atoms with Crippen LogP contribution in [0.3, 0.4) is 0 Å². The van der Waals surface area contributed by atoms with Gasteiger partial charge in [-0.3, -0.25) is 0 Å². The molecule has 0 spiro atoms. The average Bonchev–Trinajstić information content (AvgIpc) is 2.41. The van der Waals surface area contributed by atoms with Gasteiger partial charge in [-0.05, 0) is 31.7 Å². The largest absolute Gasteiger partial charge is 0.394 e. The van der Waals surface area contributed by atoms with Crippen molar-refractivity contribution < 1.29 is 0 Å². The Labute approximate surface area is 116 Å². The molecule has 0 aromatic carbocycles. The van der Waals surface area contributed by atoms with E-state index in [1.807, 2.05) is 80.8 Å². The zero-order valence-corrected chi connectivity index (χ0v) is 14.1. The molecule has 0 aliphatic carbocycles. The molecule has 0 rings (SSSR count). The standard InChI is InChI=1S/C11H17N.3C2H6/c1-9(2)8-11(10(3)4)6-7-12-5;3*1-2/h6-8,12H,1,3H2,2,4-5H3;3*1-2H3/b7-6-,11-8-;;;. The summed E-state index contributed by atoms with van der Waals surface area (Å²) >= 11 is 0. The van der Waals surface area contributed by atoms with Crippen LogP contribution in [0.1, 0.15) is 55.4 Å². The van der Waals surface area contributed by atoms with Crippen LogP contribution in [0.25, 0.3) is 0 Å². The fourth-order valence-electron chi connectivity index (χ4n) is 0.752. The number of hydrogen-bond acceptors (Lipinski definition) is 1. The number of hydrogen-bond donors (Lipinski definition) is 1. The van der Waals surface area contributed by atoms with Crippen LogP contribution >= 0.6 is 0 Å². The Hall–Kier alpha value is -1.24. The maximum Gasteiger partial charge on any atom is 0.00277 e. The van der Waals surface area contributed by atoms with Crippen molar-refractivity contribution >= 4 is 0 Å². The van der Waals surface area contributed by atoms with E-state index in [1.54, 1.807) is 0 Å². The second-order valence-corrected chi connectivity index (χ2v) is 2.85. The van der Waals surface area contributed by atoms with Gasteiger partial charge < -0.3 is 5.32 Å². The minimum absolute atomic E-state index is 1.04. The van der Waals surface area contributed by atoms with Crippen molar-refractivity contribution in [1.29, 1.82) is 0 Å². The van der Waals surface area contributed by atoms with Crippen molar-refractivity contribution in [3.05, 3.63) is 48.2 Å². The predicted molar refractivity (Wildman–Crippen MR) is 90.0 cm³/mol. The van der Waals surface area contributed by atoms with E-state index in [1.165, 1.54) is 0 Å². The van der Waals surface area contributed by atoms with Crippen LogP contribution < -0.4 is 5.32 Å². The molecule has 0 aliphatic rings. The van der Waals surface area contributed by atoms with Crippen LogP contribution in [-0.2, 0) is 0 Å². The summed E-state index contributed by atoms with van der Waals surface area (Å²) in [5.41, 5.74) is 3.19. The molecular formula is C17H35N. The van der Waals surface area contributed by atoms with Crippen LogP contribution in [0.15, 0.2) is 48.2 Å². The molecule has 0 amide bonds. The molecule has 1 N–H and O–H groups in total. The van der Waals surface area contributed by atoms with Crippen molar-refractivity contribution in [3.8, 4) is 0 Å². The average molecular weight is 253 g/mol. The second kappa shape index (κ2) is 24.8. The van der Waals surface area contributed by atoms with Gasteiger partial charge in [-0.25, -0.2) is 0 Å². The molecule has 0 saturated carbocycles. The van der Waals surface area contributed by atoms with Crippen molar-refractivity contribution in [2.45, 2.75) is 55.4 Å². The summed E-state index contributed by atoms with van der Waals surface area (Å²) in [6.45, 7) is 23.6. The maximum atomic E-state index is 3.87. The summed E-state index contributed by atoms with van der Waals surface area (Å²) in [6.07, 6.45) is 5.87. The molecule has 0 saturated heterocycles. The number of allylic oxidation sites excluding steroid dienone is 5. The molecule has 0 aliphatic heterocycles. The summed E-state index contributed by atoms with van der Waals surface area (Å²) in [7, 11) is 1.87. The second-order valence-electron chi connectivity index (χ2n) is 2.85. The van der Waals surface area contributed by atoms with Crippen LogP contribution in [0.2, 0.25) is 0 Å². The van der Waals surface area contributed by atoms with Crippen LogP contribution in [0.4, 0.5) is 0 Å². The molecule has 0 bridgehead atoms. The van der Waals surface area contributed by atoms with Gasteiger partial charge >= 0.3 is 0 Å². The lowest BCUT2D eigenvalue weighted by molar-refractivity contribution is 1.10. The van der Waals surface area contributed by atoms with Crippen molar-refractivity contribution in [3.63, 3.8) is 0 Å². The normalized spacial score (nSPS) is 8.83. The Kier molecular flexibility index (Phi) is 35.3. The number of rotatable bonds is 4. The van der Waals surface area contributed by atoms with E-state index < -0.39 is 0 Å². The topological polar surface area (TPSA) is 12.0 Å². The molecule has 0 heterocycles. The summed E-state index contributed by atoms with van der Waals surface area (Å²) in [6, 6.07) is 0. The van der Waals surface area contributed by atoms with Gasteiger partial charge in [0, 0.05) is 7.05 Å². The molecule has 0 unspecified atom stereocenters. The van der Waals surface area contributed by atoms with Gasteiger partial charge in [0.05, 0.1) is 0 Å². The lowest BCUT2D eigenvalue weighted by Gasteiger charge is -2.00. The van der Waals surface area contributed by atoms with E-state index in [-0.39, 0.29) is 0 Å². The third-order valence-corrected chi connectivity index (χ3v) is 1.32. The fraction of sp³-hybridized carbons (Fsp3) is 0.529. The van der Waals surface area contributed by atoms with E-state index in [0.29, 0.717) is 0 Å². The van der Waals surface area contributed by atoms with Crippen molar-refractivity contribution in [1.82, 2.24) is 5.32 Å². The first-order valence-corrected chi connectivity index (χ1v) is 6.95. The van der Waals surface area contributed by atoms with E-state index in [4.69, 9.17) is 0 Å². The van der Waals surface area contributed by atoms with Gasteiger partial charge in [-0.2, -0.15) is 0 Å². The highest BCUT2D eigenvalue weighted by Gasteiger charge is 1.91. The van der Waals surface area contributed by atoms with Crippen molar-refractivity contribution in [2.75, 3.05) is 7.05 Å². The van der Waals surface area contributed by atoms with E-state index >= 15 is 0 Å². The zero-order valence-electron chi connectivity index (χ0n) is 14.1. The van der Waals surface area contributed by atoms with Gasteiger partial charge in [0.15, 0.2) is 0 Å². The van der Waals surface area contributed by atoms with Gasteiger partial charge in [-0.1, -0.05) is 71.9 Å². The summed E-state index contributed by atoms with van der Waals surface area (Å²) < 4.78 is 0. The predicted octanol–water partition coefficient (Wildman–Crippen LogP) is 5.88. The first kappa shape index (κ1) is 25.6. The summed E-state index contributed by atoms with van der Waals surface area (Å²) in [5, 5.41) is 2.93. The molecule has 108 valence electrons. The summed E-state index contributed by atoms with van der Waals surface area (Å²) in [5.74, 6) is 0. The molecule has 1 nitrogen and oxygen atoms in total. The summed E-state index contributed by atoms with van der Waals surface area (Å²) in [4.78, 5) is 0. The molecule has 1 heteroatoms. The first-order valence-electron chi connectivity index (χ1n) is 6.95. The highest BCUT2D eigenvalue weighted by Crippen LogP contribution is 2.10. The zero-order chi connectivity index (χ0) is 15.6. The van der Waals surface area contributed by atoms with Gasteiger partial charge in [0.2, 0.25) is 0 Å². The lowest BCUT2D eigenvalue weighted by atomic mass is 10.1. The Morgan fingerprint density at radius 1 is 0.889 bits per heavy atom. The van der Waals surface area contributed by atoms with Crippen LogP contribution in [0.5, 0.6) is 0 Å². The SMILES string of the molecule is C=C(C)/C=C(/C=C\NC)C(=C)C.CC.CC.CC. The third kappa shape index (κ3) is 24.1.